The van der Waals surface area contributed by atoms with Crippen molar-refractivity contribution in [2.45, 2.75) is 31.5 Å². The Labute approximate surface area is 155 Å². The van der Waals surface area contributed by atoms with Gasteiger partial charge in [0.25, 0.3) is 6.43 Å². The van der Waals surface area contributed by atoms with Crippen LogP contribution in [0.5, 0.6) is 0 Å². The first-order valence-electron chi connectivity index (χ1n) is 8.41. The molecule has 0 aliphatic carbocycles. The van der Waals surface area contributed by atoms with Gasteiger partial charge in [0.15, 0.2) is 0 Å². The minimum absolute atomic E-state index is 0.0797. The number of likely N-dealkylation sites (tertiary alicyclic amines) is 1. The Bertz CT molecular complexity index is 735. The van der Waals surface area contributed by atoms with Gasteiger partial charge in [-0.15, -0.1) is 0 Å². The largest absolute Gasteiger partial charge is 0.364 e. The van der Waals surface area contributed by atoms with Gasteiger partial charge in [-0.05, 0) is 42.7 Å². The summed E-state index contributed by atoms with van der Waals surface area (Å²) >= 11 is 5.96. The number of ether oxygens (including phenoxy) is 1. The van der Waals surface area contributed by atoms with Crippen LogP contribution in [0, 0.1) is 0 Å². The summed E-state index contributed by atoms with van der Waals surface area (Å²) in [4.78, 5) is 16.8. The van der Waals surface area contributed by atoms with Gasteiger partial charge in [0.05, 0.1) is 11.8 Å². The molecule has 1 saturated heterocycles. The van der Waals surface area contributed by atoms with Crippen LogP contribution in [0.2, 0.25) is 5.02 Å². The third-order valence-corrected chi connectivity index (χ3v) is 4.70. The zero-order chi connectivity index (χ0) is 18.5. The molecular formula is C19H19ClF2N2O2. The molecule has 1 aromatic heterocycles. The lowest BCUT2D eigenvalue weighted by molar-refractivity contribution is -0.121. The van der Waals surface area contributed by atoms with Crippen LogP contribution in [0.15, 0.2) is 42.6 Å². The molecule has 1 fully saturated rings. The van der Waals surface area contributed by atoms with E-state index in [0.717, 1.165) is 12.0 Å². The van der Waals surface area contributed by atoms with Crippen LogP contribution in [0.3, 0.4) is 0 Å². The maximum absolute atomic E-state index is 13.1. The Morgan fingerprint density at radius 3 is 2.46 bits per heavy atom. The molecule has 1 atom stereocenters. The van der Waals surface area contributed by atoms with Crippen LogP contribution in [-0.4, -0.2) is 35.5 Å². The zero-order valence-electron chi connectivity index (χ0n) is 14.0. The van der Waals surface area contributed by atoms with Crippen LogP contribution in [0.25, 0.3) is 0 Å². The minimum Gasteiger partial charge on any atom is -0.364 e. The normalized spacial score (nSPS) is 16.7. The topological polar surface area (TPSA) is 42.4 Å². The number of piperidine rings is 1. The fourth-order valence-electron chi connectivity index (χ4n) is 3.01. The van der Waals surface area contributed by atoms with E-state index in [9.17, 15) is 13.6 Å². The molecule has 0 saturated carbocycles. The molecular weight excluding hydrogens is 362 g/mol. The lowest BCUT2D eigenvalue weighted by Gasteiger charge is -2.32. The Hall–Kier alpha value is -2.05. The van der Waals surface area contributed by atoms with E-state index in [1.807, 2.05) is 12.1 Å². The maximum atomic E-state index is 13.1. The number of halogens is 3. The quantitative estimate of drug-likeness (QED) is 0.697. The third kappa shape index (κ3) is 4.56. The minimum atomic E-state index is -2.57. The SMILES string of the molecule is O=CN1CCC(OC(c2ccc(Cl)cc2)c2cc(C(F)F)ccn2)CC1. The number of hydrogen-bond donors (Lipinski definition) is 0. The molecule has 2 aromatic rings. The molecule has 7 heteroatoms. The van der Waals surface area contributed by atoms with Crippen molar-refractivity contribution in [3.8, 4) is 0 Å². The number of alkyl halides is 2. The van der Waals surface area contributed by atoms with Crippen molar-refractivity contribution < 1.29 is 18.3 Å². The number of rotatable bonds is 6. The summed E-state index contributed by atoms with van der Waals surface area (Å²) in [7, 11) is 0. The highest BCUT2D eigenvalue weighted by molar-refractivity contribution is 6.30. The number of amides is 1. The van der Waals surface area contributed by atoms with Crippen LogP contribution in [0.1, 0.15) is 42.2 Å². The molecule has 0 radical (unpaired) electrons. The van der Waals surface area contributed by atoms with Crippen molar-refractivity contribution in [1.29, 1.82) is 0 Å². The zero-order valence-corrected chi connectivity index (χ0v) is 14.8. The van der Waals surface area contributed by atoms with Crippen molar-refractivity contribution in [3.63, 3.8) is 0 Å². The van der Waals surface area contributed by atoms with Gasteiger partial charge in [0, 0.05) is 29.9 Å². The van der Waals surface area contributed by atoms with Crippen molar-refractivity contribution in [2.24, 2.45) is 0 Å². The summed E-state index contributed by atoms with van der Waals surface area (Å²) in [6, 6.07) is 9.77. The first-order valence-corrected chi connectivity index (χ1v) is 8.79. The fourth-order valence-corrected chi connectivity index (χ4v) is 3.14. The number of hydrogen-bond acceptors (Lipinski definition) is 3. The van der Waals surface area contributed by atoms with Crippen LogP contribution >= 0.6 is 11.6 Å². The molecule has 138 valence electrons. The number of nitrogens with zero attached hydrogens (tertiary/aromatic N) is 2. The van der Waals surface area contributed by atoms with Crippen molar-refractivity contribution in [1.82, 2.24) is 9.88 Å². The average molecular weight is 381 g/mol. The van der Waals surface area contributed by atoms with Crippen LogP contribution < -0.4 is 0 Å². The average Bonchev–Trinajstić information content (AvgIpc) is 2.67. The number of pyridine rings is 1. The van der Waals surface area contributed by atoms with E-state index in [1.165, 1.54) is 18.3 Å². The molecule has 3 rings (SSSR count). The second-order valence-corrected chi connectivity index (χ2v) is 6.66. The van der Waals surface area contributed by atoms with Gasteiger partial charge >= 0.3 is 0 Å². The molecule has 0 bridgehead atoms. The number of carbonyl (C=O) groups is 1. The van der Waals surface area contributed by atoms with E-state index in [0.29, 0.717) is 36.6 Å². The van der Waals surface area contributed by atoms with E-state index < -0.39 is 12.5 Å². The highest BCUT2D eigenvalue weighted by atomic mass is 35.5. The summed E-state index contributed by atoms with van der Waals surface area (Å²) < 4.78 is 32.4. The molecule has 1 aromatic carbocycles. The number of benzene rings is 1. The van der Waals surface area contributed by atoms with E-state index in [-0.39, 0.29) is 11.7 Å². The predicted octanol–water partition coefficient (Wildman–Crippen LogP) is 4.40. The molecule has 0 spiro atoms. The van der Waals surface area contributed by atoms with Gasteiger partial charge < -0.3 is 9.64 Å². The summed E-state index contributed by atoms with van der Waals surface area (Å²) in [6.45, 7) is 1.23. The second-order valence-electron chi connectivity index (χ2n) is 6.22. The highest BCUT2D eigenvalue weighted by Crippen LogP contribution is 2.31. The van der Waals surface area contributed by atoms with Gasteiger partial charge in [-0.2, -0.15) is 0 Å². The van der Waals surface area contributed by atoms with Gasteiger partial charge in [0.2, 0.25) is 6.41 Å². The van der Waals surface area contributed by atoms with E-state index in [1.54, 1.807) is 17.0 Å². The first-order chi connectivity index (χ1) is 12.6. The molecule has 1 amide bonds. The lowest BCUT2D eigenvalue weighted by atomic mass is 10.0. The summed E-state index contributed by atoms with van der Waals surface area (Å²) in [6.07, 6.45) is 0.369. The van der Waals surface area contributed by atoms with Gasteiger partial charge in [0.1, 0.15) is 6.10 Å². The predicted molar refractivity (Wildman–Crippen MR) is 94.2 cm³/mol. The van der Waals surface area contributed by atoms with Gasteiger partial charge in [-0.3, -0.25) is 9.78 Å². The summed E-state index contributed by atoms with van der Waals surface area (Å²) in [5.74, 6) is 0. The van der Waals surface area contributed by atoms with Crippen molar-refractivity contribution in [2.75, 3.05) is 13.1 Å². The summed E-state index contributed by atoms with van der Waals surface area (Å²) in [5.41, 5.74) is 1.14. The van der Waals surface area contributed by atoms with E-state index in [2.05, 4.69) is 4.98 Å². The van der Waals surface area contributed by atoms with Crippen LogP contribution in [-0.2, 0) is 9.53 Å². The van der Waals surface area contributed by atoms with Gasteiger partial charge in [-0.25, -0.2) is 8.78 Å². The van der Waals surface area contributed by atoms with Crippen molar-refractivity contribution >= 4 is 18.0 Å². The maximum Gasteiger partial charge on any atom is 0.263 e. The van der Waals surface area contributed by atoms with E-state index in [4.69, 9.17) is 16.3 Å². The summed E-state index contributed by atoms with van der Waals surface area (Å²) in [5, 5.41) is 0.584. The lowest BCUT2D eigenvalue weighted by Crippen LogP contribution is -2.36. The first kappa shape index (κ1) is 18.7. The molecule has 1 unspecified atom stereocenters. The van der Waals surface area contributed by atoms with Crippen LogP contribution in [0.4, 0.5) is 8.78 Å². The Morgan fingerprint density at radius 1 is 1.15 bits per heavy atom. The Kier molecular flexibility index (Phi) is 6.16. The smallest absolute Gasteiger partial charge is 0.263 e. The highest BCUT2D eigenvalue weighted by Gasteiger charge is 2.25. The Balaban J connectivity index is 1.86. The monoisotopic (exact) mass is 380 g/mol. The fraction of sp³-hybridized carbons (Fsp3) is 0.368. The second kappa shape index (κ2) is 8.56. The number of aromatic nitrogens is 1. The third-order valence-electron chi connectivity index (χ3n) is 4.45. The molecule has 4 nitrogen and oxygen atoms in total. The van der Waals surface area contributed by atoms with Gasteiger partial charge in [-0.1, -0.05) is 23.7 Å². The number of carbonyl (C=O) groups excluding carboxylic acids is 1. The molecule has 26 heavy (non-hydrogen) atoms. The van der Waals surface area contributed by atoms with E-state index >= 15 is 0 Å². The molecule has 1 aliphatic rings. The Morgan fingerprint density at radius 2 is 1.85 bits per heavy atom. The standard InChI is InChI=1S/C19H19ClF2N2O2/c20-15-3-1-13(2-4-15)18(17-11-14(19(21)22)5-8-23-17)26-16-6-9-24(12-25)10-7-16/h1-5,8,11-12,16,18-19H,6-7,9-10H2. The molecule has 1 aliphatic heterocycles. The molecule has 2 heterocycles. The van der Waals surface area contributed by atoms with Crippen molar-refractivity contribution in [3.05, 3.63) is 64.4 Å². The molecule has 0 N–H and O–H groups in total.